The van der Waals surface area contributed by atoms with Crippen LogP contribution in [-0.2, 0) is 16.6 Å². The molecule has 0 fully saturated rings. The van der Waals surface area contributed by atoms with Gasteiger partial charge in [-0.1, -0.05) is 0 Å². The highest BCUT2D eigenvalue weighted by Gasteiger charge is 2.26. The Morgan fingerprint density at radius 1 is 1.53 bits per heavy atom. The first kappa shape index (κ1) is 14.5. The lowest BCUT2D eigenvalue weighted by molar-refractivity contribution is 0.135. The summed E-state index contributed by atoms with van der Waals surface area (Å²) in [7, 11) is -3.11. The van der Waals surface area contributed by atoms with Crippen molar-refractivity contribution in [3.63, 3.8) is 0 Å². The molecule has 19 heavy (non-hydrogen) atoms. The Morgan fingerprint density at radius 2 is 2.26 bits per heavy atom. The summed E-state index contributed by atoms with van der Waals surface area (Å²) in [6.07, 6.45) is 3.76. The molecule has 0 unspecified atom stereocenters. The van der Waals surface area contributed by atoms with Crippen molar-refractivity contribution in [3.8, 4) is 0 Å². The number of sulfonamides is 1. The van der Waals surface area contributed by atoms with Crippen LogP contribution in [0.4, 0.5) is 0 Å². The van der Waals surface area contributed by atoms with Gasteiger partial charge in [0.1, 0.15) is 0 Å². The molecule has 0 radical (unpaired) electrons. The molecule has 1 aliphatic heterocycles. The Labute approximate surface area is 114 Å². The van der Waals surface area contributed by atoms with Crippen molar-refractivity contribution in [2.24, 2.45) is 0 Å². The standard InChI is InChI=1S/C12H22N4O2S/c1-10(2)15-8-11-4-6-13-16(11)12(9-15)5-7-14-19(3,17)18/h4,6,10,12,14H,5,7-9H2,1-3H3/t12-/m0/s1. The minimum Gasteiger partial charge on any atom is -0.293 e. The predicted molar refractivity (Wildman–Crippen MR) is 74.3 cm³/mol. The molecule has 1 atom stereocenters. The molecule has 1 aliphatic rings. The number of aromatic nitrogens is 2. The molecule has 2 heterocycles. The lowest BCUT2D eigenvalue weighted by atomic mass is 10.1. The van der Waals surface area contributed by atoms with Crippen LogP contribution in [-0.4, -0.2) is 48.5 Å². The van der Waals surface area contributed by atoms with Gasteiger partial charge < -0.3 is 0 Å². The van der Waals surface area contributed by atoms with Crippen LogP contribution < -0.4 is 4.72 Å². The molecule has 0 aliphatic carbocycles. The van der Waals surface area contributed by atoms with Crippen molar-refractivity contribution in [1.82, 2.24) is 19.4 Å². The third-order valence-electron chi connectivity index (χ3n) is 3.48. The Kier molecular flexibility index (Phi) is 4.27. The van der Waals surface area contributed by atoms with Gasteiger partial charge in [-0.2, -0.15) is 5.10 Å². The molecule has 108 valence electrons. The molecule has 2 rings (SSSR count). The Bertz CT molecular complexity index is 524. The average molecular weight is 286 g/mol. The first-order chi connectivity index (χ1) is 8.87. The zero-order chi connectivity index (χ0) is 14.0. The fraction of sp³-hybridized carbons (Fsp3) is 0.750. The highest BCUT2D eigenvalue weighted by Crippen LogP contribution is 2.23. The van der Waals surface area contributed by atoms with E-state index in [2.05, 4.69) is 28.6 Å². The van der Waals surface area contributed by atoms with Crippen LogP contribution in [0.15, 0.2) is 12.3 Å². The van der Waals surface area contributed by atoms with Crippen molar-refractivity contribution >= 4 is 10.0 Å². The van der Waals surface area contributed by atoms with E-state index in [4.69, 9.17) is 0 Å². The van der Waals surface area contributed by atoms with Crippen molar-refractivity contribution in [2.45, 2.75) is 38.9 Å². The molecule has 1 aromatic heterocycles. The van der Waals surface area contributed by atoms with E-state index in [0.717, 1.165) is 19.5 Å². The van der Waals surface area contributed by atoms with Crippen molar-refractivity contribution in [1.29, 1.82) is 0 Å². The van der Waals surface area contributed by atoms with Crippen LogP contribution in [0.1, 0.15) is 32.0 Å². The molecule has 0 saturated heterocycles. The molecule has 7 heteroatoms. The smallest absolute Gasteiger partial charge is 0.208 e. The number of hydrogen-bond donors (Lipinski definition) is 1. The molecule has 0 spiro atoms. The van der Waals surface area contributed by atoms with Gasteiger partial charge in [0.15, 0.2) is 0 Å². The minimum absolute atomic E-state index is 0.232. The zero-order valence-corrected chi connectivity index (χ0v) is 12.5. The maximum Gasteiger partial charge on any atom is 0.208 e. The zero-order valence-electron chi connectivity index (χ0n) is 11.7. The molecule has 6 nitrogen and oxygen atoms in total. The molecular formula is C12H22N4O2S. The van der Waals surface area contributed by atoms with E-state index in [-0.39, 0.29) is 6.04 Å². The third kappa shape index (κ3) is 3.77. The van der Waals surface area contributed by atoms with Gasteiger partial charge in [0.05, 0.1) is 18.0 Å². The van der Waals surface area contributed by atoms with E-state index in [9.17, 15) is 8.42 Å². The Balaban J connectivity index is 2.03. The van der Waals surface area contributed by atoms with Crippen molar-refractivity contribution in [3.05, 3.63) is 18.0 Å². The number of nitrogens with one attached hydrogen (secondary N) is 1. The highest BCUT2D eigenvalue weighted by atomic mass is 32.2. The van der Waals surface area contributed by atoms with Crippen LogP contribution >= 0.6 is 0 Å². The lowest BCUT2D eigenvalue weighted by Crippen LogP contribution is -2.42. The Hall–Kier alpha value is -0.920. The second kappa shape index (κ2) is 5.60. The fourth-order valence-corrected chi connectivity index (χ4v) is 2.92. The van der Waals surface area contributed by atoms with Gasteiger partial charge in [-0.25, -0.2) is 13.1 Å². The van der Waals surface area contributed by atoms with Crippen molar-refractivity contribution < 1.29 is 8.42 Å². The summed E-state index contributed by atoms with van der Waals surface area (Å²) in [6.45, 7) is 6.63. The summed E-state index contributed by atoms with van der Waals surface area (Å²) in [5.74, 6) is 0. The van der Waals surface area contributed by atoms with Gasteiger partial charge in [-0.05, 0) is 26.3 Å². The molecule has 0 bridgehead atoms. The van der Waals surface area contributed by atoms with Crippen LogP contribution in [0.2, 0.25) is 0 Å². The largest absolute Gasteiger partial charge is 0.293 e. The van der Waals surface area contributed by atoms with Gasteiger partial charge >= 0.3 is 0 Å². The van der Waals surface area contributed by atoms with Crippen LogP contribution in [0, 0.1) is 0 Å². The second-order valence-electron chi connectivity index (χ2n) is 5.40. The topological polar surface area (TPSA) is 67.2 Å². The molecule has 0 amide bonds. The van der Waals surface area contributed by atoms with E-state index >= 15 is 0 Å². The van der Waals surface area contributed by atoms with E-state index in [1.807, 2.05) is 16.9 Å². The predicted octanol–water partition coefficient (Wildman–Crippen LogP) is 0.588. The average Bonchev–Trinajstić information content (AvgIpc) is 2.74. The monoisotopic (exact) mass is 286 g/mol. The Morgan fingerprint density at radius 3 is 2.89 bits per heavy atom. The maximum atomic E-state index is 11.1. The van der Waals surface area contributed by atoms with Gasteiger partial charge in [0.25, 0.3) is 0 Å². The van der Waals surface area contributed by atoms with Crippen LogP contribution in [0.5, 0.6) is 0 Å². The molecule has 0 saturated carbocycles. The number of rotatable bonds is 5. The van der Waals surface area contributed by atoms with Gasteiger partial charge in [0, 0.05) is 31.9 Å². The molecule has 1 aromatic rings. The third-order valence-corrected chi connectivity index (χ3v) is 4.21. The van der Waals surface area contributed by atoms with Gasteiger partial charge in [-0.15, -0.1) is 0 Å². The summed E-state index contributed by atoms with van der Waals surface area (Å²) in [6, 6.07) is 2.75. The lowest BCUT2D eigenvalue weighted by Gasteiger charge is -2.36. The summed E-state index contributed by atoms with van der Waals surface area (Å²) in [5, 5.41) is 4.36. The van der Waals surface area contributed by atoms with E-state index < -0.39 is 10.0 Å². The van der Waals surface area contributed by atoms with E-state index in [1.165, 1.54) is 11.9 Å². The molecular weight excluding hydrogens is 264 g/mol. The second-order valence-corrected chi connectivity index (χ2v) is 7.23. The summed E-state index contributed by atoms with van der Waals surface area (Å²) in [5.41, 5.74) is 1.20. The van der Waals surface area contributed by atoms with Gasteiger partial charge in [0.2, 0.25) is 10.0 Å². The summed E-state index contributed by atoms with van der Waals surface area (Å²) >= 11 is 0. The normalized spacial score (nSPS) is 20.7. The molecule has 0 aromatic carbocycles. The maximum absolute atomic E-state index is 11.1. The summed E-state index contributed by atoms with van der Waals surface area (Å²) in [4.78, 5) is 2.39. The van der Waals surface area contributed by atoms with Crippen LogP contribution in [0.25, 0.3) is 0 Å². The number of hydrogen-bond acceptors (Lipinski definition) is 4. The summed E-state index contributed by atoms with van der Waals surface area (Å²) < 4.78 is 26.8. The SMILES string of the molecule is CC(C)N1Cc2ccnn2[C@@H](CCNS(C)(=O)=O)C1. The highest BCUT2D eigenvalue weighted by molar-refractivity contribution is 7.88. The van der Waals surface area contributed by atoms with Gasteiger partial charge in [-0.3, -0.25) is 9.58 Å². The van der Waals surface area contributed by atoms with E-state index in [1.54, 1.807) is 0 Å². The van der Waals surface area contributed by atoms with E-state index in [0.29, 0.717) is 12.6 Å². The van der Waals surface area contributed by atoms with Crippen molar-refractivity contribution in [2.75, 3.05) is 19.3 Å². The number of nitrogens with zero attached hydrogens (tertiary/aromatic N) is 3. The minimum atomic E-state index is -3.11. The quantitative estimate of drug-likeness (QED) is 0.860. The molecule has 1 N–H and O–H groups in total. The van der Waals surface area contributed by atoms with Crippen LogP contribution in [0.3, 0.4) is 0 Å². The fourth-order valence-electron chi connectivity index (χ4n) is 2.43. The first-order valence-corrected chi connectivity index (χ1v) is 8.47. The number of fused-ring (bicyclic) bond motifs is 1. The first-order valence-electron chi connectivity index (χ1n) is 6.58.